The van der Waals surface area contributed by atoms with Gasteiger partial charge < -0.3 is 14.0 Å². The summed E-state index contributed by atoms with van der Waals surface area (Å²) in [7, 11) is 1.54. The maximum absolute atomic E-state index is 12.2. The summed E-state index contributed by atoms with van der Waals surface area (Å²) in [6, 6.07) is 13.8. The molecule has 2 aromatic heterocycles. The van der Waals surface area contributed by atoms with E-state index in [1.807, 2.05) is 44.2 Å². The molecule has 0 aliphatic rings. The number of nitrogens with one attached hydrogen (secondary N) is 1. The van der Waals surface area contributed by atoms with Crippen LogP contribution in [0, 0.1) is 32.1 Å². The number of methoxy groups -OCH3 is 1. The fraction of sp³-hybridized carbons (Fsp3) is 0.250. The molecule has 1 aromatic carbocycles. The Morgan fingerprint density at radius 1 is 1.27 bits per heavy atom. The number of rotatable bonds is 8. The molecule has 0 saturated heterocycles. The van der Waals surface area contributed by atoms with Gasteiger partial charge in [0.05, 0.1) is 12.8 Å². The lowest BCUT2D eigenvalue weighted by Gasteiger charge is -2.10. The molecular formula is C24H24BrN5O3. The third-order valence-corrected chi connectivity index (χ3v) is 5.42. The average molecular weight is 510 g/mol. The van der Waals surface area contributed by atoms with Gasteiger partial charge in [-0.2, -0.15) is 10.4 Å². The van der Waals surface area contributed by atoms with Crippen molar-refractivity contribution in [2.75, 3.05) is 13.7 Å². The Balaban J connectivity index is 1.65. The van der Waals surface area contributed by atoms with Gasteiger partial charge in [0, 0.05) is 45.5 Å². The maximum Gasteiger partial charge on any atom is 0.278 e. The van der Waals surface area contributed by atoms with Gasteiger partial charge in [0.2, 0.25) is 5.88 Å². The molecule has 0 atom stereocenters. The lowest BCUT2D eigenvalue weighted by atomic mass is 10.1. The number of ether oxygens (including phenoxy) is 2. The molecule has 3 rings (SSSR count). The predicted octanol–water partition coefficient (Wildman–Crippen LogP) is 4.11. The highest BCUT2D eigenvalue weighted by molar-refractivity contribution is 9.10. The highest BCUT2D eigenvalue weighted by Crippen LogP contribution is 2.22. The van der Waals surface area contributed by atoms with Crippen molar-refractivity contribution in [3.8, 4) is 17.6 Å². The molecule has 33 heavy (non-hydrogen) atoms. The molecule has 0 fully saturated rings. The fourth-order valence-electron chi connectivity index (χ4n) is 3.45. The highest BCUT2D eigenvalue weighted by Gasteiger charge is 2.14. The summed E-state index contributed by atoms with van der Waals surface area (Å²) in [5.74, 6) is -0.366. The van der Waals surface area contributed by atoms with E-state index in [9.17, 15) is 10.1 Å². The van der Waals surface area contributed by atoms with Crippen molar-refractivity contribution in [3.05, 3.63) is 74.6 Å². The minimum absolute atomic E-state index is 0.0988. The standard InChI is InChI=1S/C24H24BrN5O3/c1-15-9-19(13-32-4)22(11-26)24(28-15)33-14-23(31)29-27-12-18-10-16(2)30(17(18)3)21-7-5-20(25)6-8-21/h5-10,12H,13-14H2,1-4H3,(H,29,31). The monoisotopic (exact) mass is 509 g/mol. The number of nitriles is 1. The molecule has 0 spiro atoms. The van der Waals surface area contributed by atoms with Crippen LogP contribution in [0.3, 0.4) is 0 Å². The molecule has 8 nitrogen and oxygen atoms in total. The van der Waals surface area contributed by atoms with Crippen molar-refractivity contribution in [1.29, 1.82) is 5.26 Å². The highest BCUT2D eigenvalue weighted by atomic mass is 79.9. The Hall–Kier alpha value is -3.48. The number of benzene rings is 1. The number of halogens is 1. The SMILES string of the molecule is COCc1cc(C)nc(OCC(=O)NN=Cc2cc(C)n(-c3ccc(Br)cc3)c2C)c1C#N. The van der Waals surface area contributed by atoms with E-state index >= 15 is 0 Å². The zero-order valence-corrected chi connectivity index (χ0v) is 20.4. The van der Waals surface area contributed by atoms with E-state index in [-0.39, 0.29) is 24.7 Å². The molecule has 0 unspecified atom stereocenters. The van der Waals surface area contributed by atoms with Crippen LogP contribution in [0.4, 0.5) is 0 Å². The van der Waals surface area contributed by atoms with Crippen molar-refractivity contribution in [1.82, 2.24) is 15.0 Å². The third kappa shape index (κ3) is 5.86. The van der Waals surface area contributed by atoms with E-state index in [4.69, 9.17) is 9.47 Å². The largest absolute Gasteiger partial charge is 0.467 e. The zero-order valence-electron chi connectivity index (χ0n) is 18.8. The van der Waals surface area contributed by atoms with E-state index in [1.54, 1.807) is 26.3 Å². The second-order valence-corrected chi connectivity index (χ2v) is 8.28. The van der Waals surface area contributed by atoms with Crippen LogP contribution < -0.4 is 10.2 Å². The molecule has 1 N–H and O–H groups in total. The lowest BCUT2D eigenvalue weighted by molar-refractivity contribution is -0.123. The Kier molecular flexibility index (Phi) is 7.98. The van der Waals surface area contributed by atoms with Crippen molar-refractivity contribution >= 4 is 28.1 Å². The van der Waals surface area contributed by atoms with Crippen molar-refractivity contribution in [2.24, 2.45) is 5.10 Å². The minimum atomic E-state index is -0.464. The number of carbonyl (C=O) groups excluding carboxylic acids is 1. The Morgan fingerprint density at radius 3 is 2.67 bits per heavy atom. The summed E-state index contributed by atoms with van der Waals surface area (Å²) >= 11 is 3.45. The topological polar surface area (TPSA) is 102 Å². The van der Waals surface area contributed by atoms with Crippen molar-refractivity contribution in [2.45, 2.75) is 27.4 Å². The van der Waals surface area contributed by atoms with Crippen molar-refractivity contribution in [3.63, 3.8) is 0 Å². The van der Waals surface area contributed by atoms with E-state index in [0.29, 0.717) is 11.3 Å². The first-order chi connectivity index (χ1) is 15.8. The molecular weight excluding hydrogens is 486 g/mol. The molecule has 0 radical (unpaired) electrons. The van der Waals surface area contributed by atoms with Crippen LogP contribution in [-0.2, 0) is 16.1 Å². The van der Waals surface area contributed by atoms with Gasteiger partial charge in [0.1, 0.15) is 11.6 Å². The van der Waals surface area contributed by atoms with Crippen LogP contribution in [0.15, 0.2) is 46.0 Å². The summed E-state index contributed by atoms with van der Waals surface area (Å²) in [5.41, 5.74) is 7.98. The number of hydrazone groups is 1. The van der Waals surface area contributed by atoms with E-state index in [2.05, 4.69) is 42.1 Å². The molecule has 0 aliphatic heterocycles. The first-order valence-corrected chi connectivity index (χ1v) is 10.9. The number of hydrogen-bond donors (Lipinski definition) is 1. The van der Waals surface area contributed by atoms with Crippen LogP contribution in [0.5, 0.6) is 5.88 Å². The number of aromatic nitrogens is 2. The smallest absolute Gasteiger partial charge is 0.278 e. The molecule has 9 heteroatoms. The van der Waals surface area contributed by atoms with E-state index in [1.165, 1.54) is 0 Å². The average Bonchev–Trinajstić information content (AvgIpc) is 3.06. The van der Waals surface area contributed by atoms with Crippen LogP contribution in [0.25, 0.3) is 5.69 Å². The molecule has 1 amide bonds. The van der Waals surface area contributed by atoms with E-state index in [0.717, 1.165) is 27.1 Å². The van der Waals surface area contributed by atoms with Gasteiger partial charge >= 0.3 is 0 Å². The summed E-state index contributed by atoms with van der Waals surface area (Å²) in [5, 5.41) is 13.5. The fourth-order valence-corrected chi connectivity index (χ4v) is 3.71. The van der Waals surface area contributed by atoms with Gasteiger partial charge in [0.15, 0.2) is 6.61 Å². The number of aryl methyl sites for hydroxylation is 2. The first kappa shape index (κ1) is 24.2. The molecule has 170 valence electrons. The van der Waals surface area contributed by atoms with Gasteiger partial charge in [-0.25, -0.2) is 10.4 Å². The van der Waals surface area contributed by atoms with Crippen LogP contribution >= 0.6 is 15.9 Å². The second kappa shape index (κ2) is 10.9. The van der Waals surface area contributed by atoms with Gasteiger partial charge in [-0.1, -0.05) is 15.9 Å². The lowest BCUT2D eigenvalue weighted by Crippen LogP contribution is -2.25. The third-order valence-electron chi connectivity index (χ3n) is 4.90. The Labute approximate surface area is 201 Å². The minimum Gasteiger partial charge on any atom is -0.467 e. The second-order valence-electron chi connectivity index (χ2n) is 7.37. The number of pyridine rings is 1. The maximum atomic E-state index is 12.2. The van der Waals surface area contributed by atoms with Crippen LogP contribution in [0.1, 0.15) is 33.8 Å². The van der Waals surface area contributed by atoms with Crippen LogP contribution in [-0.4, -0.2) is 35.4 Å². The van der Waals surface area contributed by atoms with Crippen LogP contribution in [0.2, 0.25) is 0 Å². The van der Waals surface area contributed by atoms with Crippen molar-refractivity contribution < 1.29 is 14.3 Å². The summed E-state index contributed by atoms with van der Waals surface area (Å²) in [6.07, 6.45) is 1.60. The number of nitrogens with zero attached hydrogens (tertiary/aromatic N) is 4. The number of amides is 1. The molecule has 0 saturated carbocycles. The van der Waals surface area contributed by atoms with E-state index < -0.39 is 5.91 Å². The predicted molar refractivity (Wildman–Crippen MR) is 129 cm³/mol. The summed E-state index contributed by atoms with van der Waals surface area (Å²) in [4.78, 5) is 16.4. The van der Waals surface area contributed by atoms with Gasteiger partial charge in [-0.15, -0.1) is 0 Å². The summed E-state index contributed by atoms with van der Waals surface area (Å²) in [6.45, 7) is 5.71. The summed E-state index contributed by atoms with van der Waals surface area (Å²) < 4.78 is 13.7. The quantitative estimate of drug-likeness (QED) is 0.363. The van der Waals surface area contributed by atoms with Gasteiger partial charge in [-0.05, 0) is 57.2 Å². The van der Waals surface area contributed by atoms with Gasteiger partial charge in [0.25, 0.3) is 5.91 Å². The number of hydrogen-bond acceptors (Lipinski definition) is 6. The molecule has 0 aliphatic carbocycles. The Morgan fingerprint density at radius 2 is 2.00 bits per heavy atom. The number of carbonyl (C=O) groups is 1. The molecule has 2 heterocycles. The first-order valence-electron chi connectivity index (χ1n) is 10.1. The molecule has 0 bridgehead atoms. The Bertz CT molecular complexity index is 1230. The normalized spacial score (nSPS) is 10.9. The zero-order chi connectivity index (χ0) is 24.0. The van der Waals surface area contributed by atoms with Gasteiger partial charge in [-0.3, -0.25) is 4.79 Å². The molecule has 3 aromatic rings.